The molecule has 3 N–H and O–H groups in total. The Morgan fingerprint density at radius 2 is 1.83 bits per heavy atom. The number of amides is 1. The van der Waals surface area contributed by atoms with Gasteiger partial charge in [0.25, 0.3) is 21.6 Å². The molecule has 15 nitrogen and oxygen atoms in total. The van der Waals surface area contributed by atoms with E-state index in [4.69, 9.17) is 25.8 Å². The van der Waals surface area contributed by atoms with Crippen molar-refractivity contribution >= 4 is 61.2 Å². The van der Waals surface area contributed by atoms with Crippen LogP contribution in [0.15, 0.2) is 89.6 Å². The fourth-order valence-corrected chi connectivity index (χ4v) is 10.4. The molecule has 17 heteroatoms. The number of pyridine rings is 1. The number of carbonyl (C=O) groups excluding carboxylic acids is 1. The number of benzene rings is 3. The molecule has 0 radical (unpaired) electrons. The normalized spacial score (nSPS) is 19.4. The minimum atomic E-state index is -4.65. The fourth-order valence-electron chi connectivity index (χ4n) is 9.30. The number of nitrogens with zero attached hydrogens (tertiary/aromatic N) is 4. The first-order valence-corrected chi connectivity index (χ1v) is 23.7. The van der Waals surface area contributed by atoms with Gasteiger partial charge in [-0.1, -0.05) is 43.2 Å². The molecule has 1 aliphatic carbocycles. The van der Waals surface area contributed by atoms with E-state index in [1.807, 2.05) is 18.2 Å². The maximum absolute atomic E-state index is 14.1. The van der Waals surface area contributed by atoms with E-state index in [0.717, 1.165) is 93.4 Å². The average molecular weight is 910 g/mol. The lowest BCUT2D eigenvalue weighted by Crippen LogP contribution is -2.47. The Labute approximate surface area is 377 Å². The van der Waals surface area contributed by atoms with E-state index in [9.17, 15) is 23.3 Å². The van der Waals surface area contributed by atoms with Gasteiger partial charge in [0, 0.05) is 86.4 Å². The Bertz CT molecular complexity index is 2710. The number of ether oxygens (including phenoxy) is 3. The Balaban J connectivity index is 0.938. The maximum atomic E-state index is 14.1. The van der Waals surface area contributed by atoms with Gasteiger partial charge >= 0.3 is 0 Å². The number of rotatable bonds is 12. The summed E-state index contributed by atoms with van der Waals surface area (Å²) in [4.78, 5) is 37.4. The van der Waals surface area contributed by atoms with Gasteiger partial charge in [0.15, 0.2) is 11.4 Å². The summed E-state index contributed by atoms with van der Waals surface area (Å²) in [6.45, 7) is 10.1. The van der Waals surface area contributed by atoms with Gasteiger partial charge in [-0.25, -0.2) is 18.1 Å². The standard InChI is InChI=1S/C47H52ClN7O8S/c1-47(2)13-9-33(40(26-47)31-3-5-34(48)6-4-31)28-53-15-17-54(18-16-53)36-7-8-39(42(23-36)63-37-22-32-10-14-49-45(32)50-27-37)46(56)52-64(59,60)38-24-41(55(57)58)44-43(25-38)62-29-35(51-44)21-30-11-19-61-20-12-30/h3-8,10,14,22-25,27,30,35,51H,9,11-13,15-21,26,28-29H2,1-2H3,(H,49,50)(H,52,56)/t35-/m0/s1. The van der Waals surface area contributed by atoms with Crippen LogP contribution in [0.25, 0.3) is 16.6 Å². The Kier molecular flexibility index (Phi) is 12.3. The molecular formula is C47H52ClN7O8S. The van der Waals surface area contributed by atoms with Crippen LogP contribution in [0.2, 0.25) is 5.02 Å². The maximum Gasteiger partial charge on any atom is 0.297 e. The van der Waals surface area contributed by atoms with Crippen LogP contribution in [-0.2, 0) is 14.8 Å². The first kappa shape index (κ1) is 43.6. The fraction of sp³-hybridized carbons (Fsp3) is 0.404. The molecular weight excluding hydrogens is 858 g/mol. The molecule has 0 unspecified atom stereocenters. The number of hydrogen-bond acceptors (Lipinski definition) is 12. The third-order valence-corrected chi connectivity index (χ3v) is 14.4. The van der Waals surface area contributed by atoms with E-state index in [-0.39, 0.29) is 40.8 Å². The lowest BCUT2D eigenvalue weighted by atomic mass is 9.72. The van der Waals surface area contributed by atoms with Crippen molar-refractivity contribution < 1.29 is 32.3 Å². The lowest BCUT2D eigenvalue weighted by Gasteiger charge is -2.39. The van der Waals surface area contributed by atoms with Gasteiger partial charge in [0.05, 0.1) is 27.6 Å². The second-order valence-electron chi connectivity index (χ2n) is 18.0. The number of hydrogen-bond donors (Lipinski definition) is 3. The van der Waals surface area contributed by atoms with Crippen LogP contribution in [0.3, 0.4) is 0 Å². The lowest BCUT2D eigenvalue weighted by molar-refractivity contribution is -0.384. The number of nitro groups is 1. The number of sulfonamides is 1. The summed E-state index contributed by atoms with van der Waals surface area (Å²) in [5, 5.41) is 17.0. The molecule has 2 saturated heterocycles. The van der Waals surface area contributed by atoms with Crippen LogP contribution < -0.4 is 24.4 Å². The number of anilines is 2. The highest BCUT2D eigenvalue weighted by molar-refractivity contribution is 7.90. The monoisotopic (exact) mass is 909 g/mol. The highest BCUT2D eigenvalue weighted by atomic mass is 35.5. The molecule has 0 bridgehead atoms. The molecule has 3 aliphatic heterocycles. The molecule has 0 spiro atoms. The van der Waals surface area contributed by atoms with Crippen LogP contribution >= 0.6 is 11.6 Å². The smallest absolute Gasteiger partial charge is 0.297 e. The van der Waals surface area contributed by atoms with Crippen molar-refractivity contribution in [2.45, 2.75) is 63.3 Å². The first-order chi connectivity index (χ1) is 30.8. The van der Waals surface area contributed by atoms with Crippen LogP contribution in [0.5, 0.6) is 17.2 Å². The van der Waals surface area contributed by atoms with Crippen molar-refractivity contribution in [3.63, 3.8) is 0 Å². The zero-order chi connectivity index (χ0) is 44.6. The predicted molar refractivity (Wildman–Crippen MR) is 246 cm³/mol. The second kappa shape index (κ2) is 18.1. The Morgan fingerprint density at radius 3 is 2.59 bits per heavy atom. The van der Waals surface area contributed by atoms with E-state index < -0.39 is 31.4 Å². The van der Waals surface area contributed by atoms with Crippen LogP contribution in [-0.4, -0.2) is 92.7 Å². The molecule has 1 amide bonds. The average Bonchev–Trinajstić information content (AvgIpc) is 3.75. The predicted octanol–water partition coefficient (Wildman–Crippen LogP) is 8.81. The molecule has 5 aromatic rings. The van der Waals surface area contributed by atoms with E-state index in [1.54, 1.807) is 24.4 Å². The summed E-state index contributed by atoms with van der Waals surface area (Å²) in [7, 11) is -4.65. The number of nitrogens with one attached hydrogen (secondary N) is 3. The van der Waals surface area contributed by atoms with Gasteiger partial charge in [-0.2, -0.15) is 0 Å². The summed E-state index contributed by atoms with van der Waals surface area (Å²) >= 11 is 6.25. The van der Waals surface area contributed by atoms with Crippen molar-refractivity contribution in [3.05, 3.63) is 111 Å². The van der Waals surface area contributed by atoms with Gasteiger partial charge in [0.2, 0.25) is 0 Å². The van der Waals surface area contributed by atoms with Crippen molar-refractivity contribution in [3.8, 4) is 17.2 Å². The minimum Gasteiger partial charge on any atom is -0.489 e. The summed E-state index contributed by atoms with van der Waals surface area (Å²) < 4.78 is 47.7. The van der Waals surface area contributed by atoms with E-state index >= 15 is 0 Å². The van der Waals surface area contributed by atoms with Gasteiger partial charge < -0.3 is 29.4 Å². The highest BCUT2D eigenvalue weighted by Crippen LogP contribution is 2.44. The molecule has 336 valence electrons. The Hall–Kier alpha value is -5.68. The summed E-state index contributed by atoms with van der Waals surface area (Å²) in [5.74, 6) is -0.113. The number of halogens is 1. The van der Waals surface area contributed by atoms with Crippen LogP contribution in [0.4, 0.5) is 17.1 Å². The molecule has 2 aromatic heterocycles. The van der Waals surface area contributed by atoms with E-state index in [1.165, 1.54) is 35.0 Å². The molecule has 2 fully saturated rings. The molecule has 4 aliphatic rings. The number of carbonyl (C=O) groups is 1. The van der Waals surface area contributed by atoms with E-state index in [2.05, 4.69) is 55.8 Å². The number of allylic oxidation sites excluding steroid dienone is 1. The molecule has 3 aromatic carbocycles. The number of aromatic amines is 1. The molecule has 9 rings (SSSR count). The minimum absolute atomic E-state index is 0.0211. The van der Waals surface area contributed by atoms with Crippen LogP contribution in [0, 0.1) is 21.4 Å². The molecule has 5 heterocycles. The zero-order valence-corrected chi connectivity index (χ0v) is 37.5. The largest absolute Gasteiger partial charge is 0.489 e. The summed E-state index contributed by atoms with van der Waals surface area (Å²) in [5.41, 5.74) is 5.37. The van der Waals surface area contributed by atoms with Gasteiger partial charge in [-0.15, -0.1) is 0 Å². The number of piperazine rings is 1. The summed E-state index contributed by atoms with van der Waals surface area (Å²) in [6, 6.07) is 18.8. The van der Waals surface area contributed by atoms with Crippen molar-refractivity contribution in [2.24, 2.45) is 11.3 Å². The Morgan fingerprint density at radius 1 is 1.05 bits per heavy atom. The quantitative estimate of drug-likeness (QED) is 0.0801. The zero-order valence-electron chi connectivity index (χ0n) is 35.9. The van der Waals surface area contributed by atoms with Gasteiger partial charge in [-0.05, 0) is 97.4 Å². The third kappa shape index (κ3) is 9.70. The number of fused-ring (bicyclic) bond motifs is 2. The highest BCUT2D eigenvalue weighted by Gasteiger charge is 2.34. The van der Waals surface area contributed by atoms with Crippen molar-refractivity contribution in [1.29, 1.82) is 0 Å². The summed E-state index contributed by atoms with van der Waals surface area (Å²) in [6.07, 6.45) is 8.98. The number of aromatic nitrogens is 2. The SMILES string of the molecule is CC1(C)CCC(CN2CCN(c3ccc(C(=O)NS(=O)(=O)c4cc5c(c([N+](=O)[O-])c4)N[C@@H](CC4CCOCC4)CO5)c(Oc4cnc5[nH]ccc5c4)c3)CC2)=C(c2ccc(Cl)cc2)C1. The van der Waals surface area contributed by atoms with Crippen molar-refractivity contribution in [2.75, 3.05) is 62.8 Å². The number of nitro benzene ring substituents is 1. The third-order valence-electron chi connectivity index (χ3n) is 12.9. The first-order valence-electron chi connectivity index (χ1n) is 21.8. The topological polar surface area (TPSA) is 181 Å². The second-order valence-corrected chi connectivity index (χ2v) is 20.1. The number of H-pyrrole nitrogens is 1. The molecule has 0 saturated carbocycles. The molecule has 1 atom stereocenters. The van der Waals surface area contributed by atoms with Crippen LogP contribution in [0.1, 0.15) is 68.3 Å². The van der Waals surface area contributed by atoms with E-state index in [0.29, 0.717) is 30.5 Å². The van der Waals surface area contributed by atoms with Crippen molar-refractivity contribution in [1.82, 2.24) is 19.6 Å². The molecule has 64 heavy (non-hydrogen) atoms. The van der Waals surface area contributed by atoms with Gasteiger partial charge in [-0.3, -0.25) is 19.8 Å². The van der Waals surface area contributed by atoms with Gasteiger partial charge in [0.1, 0.15) is 23.8 Å².